The molecule has 1 rings (SSSR count). The van der Waals surface area contributed by atoms with Crippen molar-refractivity contribution in [1.82, 2.24) is 15.5 Å². The fourth-order valence-electron chi connectivity index (χ4n) is 1.21. The second-order valence-electron chi connectivity index (χ2n) is 4.74. The monoisotopic (exact) mass is 243 g/mol. The highest BCUT2D eigenvalue weighted by Gasteiger charge is 2.30. The Balaban J connectivity index is 2.40. The predicted molar refractivity (Wildman–Crippen MR) is 59.0 cm³/mol. The zero-order valence-corrected chi connectivity index (χ0v) is 9.95. The molecule has 0 saturated carbocycles. The number of nitrogens with zero attached hydrogens (tertiary/aromatic N) is 1. The third-order valence-electron chi connectivity index (χ3n) is 2.43. The van der Waals surface area contributed by atoms with Gasteiger partial charge in [0.05, 0.1) is 6.54 Å². The van der Waals surface area contributed by atoms with Gasteiger partial charge in [0.25, 0.3) is 5.91 Å². The summed E-state index contributed by atoms with van der Waals surface area (Å²) in [4.78, 5) is 34.7. The fourth-order valence-corrected chi connectivity index (χ4v) is 1.21. The average molecular weight is 243 g/mol. The molecule has 0 radical (unpaired) electrons. The van der Waals surface area contributed by atoms with Gasteiger partial charge in [-0.3, -0.25) is 14.5 Å². The van der Waals surface area contributed by atoms with Crippen molar-refractivity contribution < 1.29 is 19.5 Å². The van der Waals surface area contributed by atoms with Crippen molar-refractivity contribution >= 4 is 17.8 Å². The maximum absolute atomic E-state index is 11.5. The topological polar surface area (TPSA) is 98.7 Å². The maximum atomic E-state index is 11.5. The highest BCUT2D eigenvalue weighted by molar-refractivity contribution is 6.04. The minimum absolute atomic E-state index is 0.0591. The summed E-state index contributed by atoms with van der Waals surface area (Å²) in [7, 11) is 0. The first-order chi connectivity index (χ1) is 7.85. The number of nitrogens with one attached hydrogen (secondary N) is 2. The molecule has 0 aliphatic carbocycles. The summed E-state index contributed by atoms with van der Waals surface area (Å²) in [5.74, 6) is -0.830. The Morgan fingerprint density at radius 2 is 2.18 bits per heavy atom. The highest BCUT2D eigenvalue weighted by atomic mass is 16.3. The number of urea groups is 1. The second-order valence-corrected chi connectivity index (χ2v) is 4.74. The smallest absolute Gasteiger partial charge is 0.325 e. The van der Waals surface area contributed by atoms with E-state index in [-0.39, 0.29) is 26.2 Å². The molecule has 96 valence electrons. The van der Waals surface area contributed by atoms with Gasteiger partial charge in [-0.1, -0.05) is 13.8 Å². The van der Waals surface area contributed by atoms with E-state index in [9.17, 15) is 14.4 Å². The van der Waals surface area contributed by atoms with Gasteiger partial charge in [0.15, 0.2) is 0 Å². The van der Waals surface area contributed by atoms with Crippen LogP contribution in [0.4, 0.5) is 4.79 Å². The third-order valence-corrected chi connectivity index (χ3v) is 2.43. The molecule has 4 amide bonds. The molecule has 0 aromatic carbocycles. The number of carbonyl (C=O) groups excluding carboxylic acids is 3. The molecule has 0 aromatic heterocycles. The summed E-state index contributed by atoms with van der Waals surface area (Å²) in [6.07, 6.45) is 0. The molecule has 1 saturated heterocycles. The summed E-state index contributed by atoms with van der Waals surface area (Å²) >= 11 is 0. The van der Waals surface area contributed by atoms with E-state index >= 15 is 0 Å². The molecular formula is C10H17N3O4. The van der Waals surface area contributed by atoms with E-state index in [0.717, 1.165) is 4.90 Å². The third kappa shape index (κ3) is 3.70. The molecule has 0 atom stereocenters. The Morgan fingerprint density at radius 3 is 2.65 bits per heavy atom. The van der Waals surface area contributed by atoms with E-state index in [1.54, 1.807) is 13.8 Å². The minimum atomic E-state index is -0.549. The van der Waals surface area contributed by atoms with Gasteiger partial charge in [-0.25, -0.2) is 4.79 Å². The van der Waals surface area contributed by atoms with Crippen molar-refractivity contribution in [1.29, 1.82) is 0 Å². The molecule has 0 spiro atoms. The Hall–Kier alpha value is -1.63. The molecule has 1 fully saturated rings. The number of hydrogen-bond acceptors (Lipinski definition) is 4. The van der Waals surface area contributed by atoms with Crippen LogP contribution in [-0.2, 0) is 9.59 Å². The SMILES string of the molecule is CC(C)(CO)CNC(=O)CN1C(=O)CNC1=O. The van der Waals surface area contributed by atoms with E-state index in [2.05, 4.69) is 10.6 Å². The van der Waals surface area contributed by atoms with Gasteiger partial charge in [-0.05, 0) is 0 Å². The van der Waals surface area contributed by atoms with Crippen LogP contribution < -0.4 is 10.6 Å². The van der Waals surface area contributed by atoms with Gasteiger partial charge < -0.3 is 15.7 Å². The lowest BCUT2D eigenvalue weighted by atomic mass is 9.95. The largest absolute Gasteiger partial charge is 0.396 e. The standard InChI is InChI=1S/C10H17N3O4/c1-10(2,6-14)5-12-7(15)4-13-8(16)3-11-9(13)17/h14H,3-6H2,1-2H3,(H,11,17)(H,12,15). The van der Waals surface area contributed by atoms with Crippen LogP contribution in [0.1, 0.15) is 13.8 Å². The molecule has 1 heterocycles. The second kappa shape index (κ2) is 5.13. The molecule has 7 nitrogen and oxygen atoms in total. The van der Waals surface area contributed by atoms with Crippen LogP contribution in [-0.4, -0.2) is 54.1 Å². The lowest BCUT2D eigenvalue weighted by molar-refractivity contribution is -0.130. The molecule has 0 aromatic rings. The van der Waals surface area contributed by atoms with Crippen LogP contribution in [0, 0.1) is 5.41 Å². The van der Waals surface area contributed by atoms with Crippen LogP contribution in [0.2, 0.25) is 0 Å². The molecule has 1 aliphatic heterocycles. The predicted octanol–water partition coefficient (Wildman–Crippen LogP) is -1.33. The molecular weight excluding hydrogens is 226 g/mol. The first-order valence-corrected chi connectivity index (χ1v) is 5.31. The number of aliphatic hydroxyl groups excluding tert-OH is 1. The van der Waals surface area contributed by atoms with Crippen molar-refractivity contribution in [3.05, 3.63) is 0 Å². The van der Waals surface area contributed by atoms with Crippen molar-refractivity contribution in [3.63, 3.8) is 0 Å². The molecule has 0 unspecified atom stereocenters. The van der Waals surface area contributed by atoms with Crippen molar-refractivity contribution in [2.75, 3.05) is 26.2 Å². The molecule has 7 heteroatoms. The summed E-state index contributed by atoms with van der Waals surface area (Å²) in [5.41, 5.74) is -0.424. The number of imide groups is 1. The Bertz CT molecular complexity index is 324. The van der Waals surface area contributed by atoms with E-state index in [1.165, 1.54) is 0 Å². The zero-order chi connectivity index (χ0) is 13.1. The summed E-state index contributed by atoms with van der Waals surface area (Å²) in [6, 6.07) is -0.549. The highest BCUT2D eigenvalue weighted by Crippen LogP contribution is 2.11. The Morgan fingerprint density at radius 1 is 1.53 bits per heavy atom. The van der Waals surface area contributed by atoms with Crippen molar-refractivity contribution in [2.24, 2.45) is 5.41 Å². The average Bonchev–Trinajstić information content (AvgIpc) is 2.58. The number of carbonyl (C=O) groups is 3. The van der Waals surface area contributed by atoms with Crippen LogP contribution in [0.5, 0.6) is 0 Å². The van der Waals surface area contributed by atoms with Gasteiger partial charge in [-0.2, -0.15) is 0 Å². The Kier molecular flexibility index (Phi) is 4.06. The Labute approximate surface area is 99.2 Å². The first kappa shape index (κ1) is 13.4. The quantitative estimate of drug-likeness (QED) is 0.521. The molecule has 1 aliphatic rings. The normalized spacial score (nSPS) is 16.1. The maximum Gasteiger partial charge on any atom is 0.325 e. The molecule has 3 N–H and O–H groups in total. The molecule has 17 heavy (non-hydrogen) atoms. The lowest BCUT2D eigenvalue weighted by Crippen LogP contribution is -2.44. The number of rotatable bonds is 5. The van der Waals surface area contributed by atoms with E-state index in [1.807, 2.05) is 0 Å². The van der Waals surface area contributed by atoms with Gasteiger partial charge in [0.2, 0.25) is 5.91 Å². The van der Waals surface area contributed by atoms with Gasteiger partial charge >= 0.3 is 6.03 Å². The van der Waals surface area contributed by atoms with Gasteiger partial charge in [0, 0.05) is 18.6 Å². The summed E-state index contributed by atoms with van der Waals surface area (Å²) in [5, 5.41) is 13.9. The van der Waals surface area contributed by atoms with Crippen LogP contribution in [0.15, 0.2) is 0 Å². The van der Waals surface area contributed by atoms with E-state index in [0.29, 0.717) is 0 Å². The fraction of sp³-hybridized carbons (Fsp3) is 0.700. The van der Waals surface area contributed by atoms with Crippen molar-refractivity contribution in [2.45, 2.75) is 13.8 Å². The first-order valence-electron chi connectivity index (χ1n) is 5.31. The number of hydrogen-bond donors (Lipinski definition) is 3. The van der Waals surface area contributed by atoms with Crippen LogP contribution >= 0.6 is 0 Å². The summed E-state index contributed by atoms with van der Waals surface area (Å²) in [6.45, 7) is 3.46. The van der Waals surface area contributed by atoms with Gasteiger partial charge in [0.1, 0.15) is 6.54 Å². The van der Waals surface area contributed by atoms with Crippen LogP contribution in [0.25, 0.3) is 0 Å². The number of amides is 4. The van der Waals surface area contributed by atoms with E-state index < -0.39 is 23.3 Å². The minimum Gasteiger partial charge on any atom is -0.396 e. The zero-order valence-electron chi connectivity index (χ0n) is 9.95. The van der Waals surface area contributed by atoms with Gasteiger partial charge in [-0.15, -0.1) is 0 Å². The molecule has 0 bridgehead atoms. The number of aliphatic hydroxyl groups is 1. The summed E-state index contributed by atoms with van der Waals surface area (Å²) < 4.78 is 0. The van der Waals surface area contributed by atoms with E-state index in [4.69, 9.17) is 5.11 Å². The lowest BCUT2D eigenvalue weighted by Gasteiger charge is -2.22. The van der Waals surface area contributed by atoms with Crippen LogP contribution in [0.3, 0.4) is 0 Å². The van der Waals surface area contributed by atoms with Crippen molar-refractivity contribution in [3.8, 4) is 0 Å².